The predicted octanol–water partition coefficient (Wildman–Crippen LogP) is 4.48. The number of amides is 2. The lowest BCUT2D eigenvalue weighted by molar-refractivity contribution is -0.126. The molecule has 1 unspecified atom stereocenters. The minimum atomic E-state index is -1.08. The summed E-state index contributed by atoms with van der Waals surface area (Å²) in [6.07, 6.45) is 2.89. The third-order valence-corrected chi connectivity index (χ3v) is 6.46. The fourth-order valence-electron chi connectivity index (χ4n) is 3.77. The lowest BCUT2D eigenvalue weighted by Crippen LogP contribution is -2.64. The van der Waals surface area contributed by atoms with Crippen molar-refractivity contribution in [2.75, 3.05) is 17.7 Å². The zero-order valence-corrected chi connectivity index (χ0v) is 20.5. The van der Waals surface area contributed by atoms with Crippen LogP contribution in [0.15, 0.2) is 35.2 Å². The highest BCUT2D eigenvalue weighted by atomic mass is 32.2. The number of aromatic nitrogens is 2. The van der Waals surface area contributed by atoms with E-state index in [9.17, 15) is 9.59 Å². The van der Waals surface area contributed by atoms with Gasteiger partial charge in [-0.25, -0.2) is 0 Å². The van der Waals surface area contributed by atoms with Gasteiger partial charge in [-0.05, 0) is 49.8 Å². The normalized spacial score (nSPS) is 19.0. The summed E-state index contributed by atoms with van der Waals surface area (Å²) < 4.78 is 1.71. The zero-order chi connectivity index (χ0) is 23.0. The molecule has 3 rings (SSSR count). The number of carbonyl (C=O) groups excluding carboxylic acids is 2. The quantitative estimate of drug-likeness (QED) is 0.670. The van der Waals surface area contributed by atoms with Gasteiger partial charge in [0.25, 0.3) is 5.91 Å². The largest absolute Gasteiger partial charge is 0.354 e. The third kappa shape index (κ3) is 4.66. The number of thioether (sulfide) groups is 1. The lowest BCUT2D eigenvalue weighted by Gasteiger charge is -2.43. The van der Waals surface area contributed by atoms with Crippen molar-refractivity contribution in [3.8, 4) is 0 Å². The maximum atomic E-state index is 13.7. The van der Waals surface area contributed by atoms with Crippen molar-refractivity contribution in [1.29, 1.82) is 0 Å². The molecule has 1 atom stereocenters. The second-order valence-electron chi connectivity index (χ2n) is 9.88. The Labute approximate surface area is 189 Å². The molecule has 1 aliphatic heterocycles. The Hall–Kier alpha value is -2.28. The molecule has 1 aliphatic rings. The topological polar surface area (TPSA) is 67.2 Å². The zero-order valence-electron chi connectivity index (χ0n) is 19.7. The van der Waals surface area contributed by atoms with Crippen LogP contribution in [0.1, 0.15) is 64.1 Å². The van der Waals surface area contributed by atoms with Crippen molar-refractivity contribution in [2.45, 2.75) is 70.4 Å². The molecule has 1 aromatic carbocycles. The van der Waals surface area contributed by atoms with Gasteiger partial charge in [-0.2, -0.15) is 5.10 Å². The molecule has 0 spiro atoms. The molecular weight excluding hydrogens is 408 g/mol. The molecule has 6 nitrogen and oxygen atoms in total. The van der Waals surface area contributed by atoms with Crippen LogP contribution in [0, 0.1) is 5.92 Å². The third-order valence-electron chi connectivity index (χ3n) is 5.73. The number of rotatable bonds is 6. The maximum Gasteiger partial charge on any atom is 0.277 e. The number of anilines is 1. The van der Waals surface area contributed by atoms with Gasteiger partial charge in [0.2, 0.25) is 5.91 Å². The van der Waals surface area contributed by atoms with E-state index in [2.05, 4.69) is 39.9 Å². The highest BCUT2D eigenvalue weighted by molar-refractivity contribution is 7.98. The van der Waals surface area contributed by atoms with Crippen LogP contribution < -0.4 is 10.2 Å². The molecule has 0 saturated heterocycles. The van der Waals surface area contributed by atoms with Crippen LogP contribution >= 0.6 is 11.8 Å². The molecular formula is C24H34N4O2S. The van der Waals surface area contributed by atoms with Crippen molar-refractivity contribution in [3.05, 3.63) is 41.7 Å². The van der Waals surface area contributed by atoms with Gasteiger partial charge in [0.1, 0.15) is 11.2 Å². The molecule has 2 aromatic rings. The van der Waals surface area contributed by atoms with Crippen LogP contribution in [-0.2, 0) is 16.8 Å². The smallest absolute Gasteiger partial charge is 0.277 e. The number of carbonyl (C=O) groups is 2. The van der Waals surface area contributed by atoms with E-state index in [1.54, 1.807) is 21.3 Å². The Morgan fingerprint density at radius 3 is 2.61 bits per heavy atom. The molecule has 2 heterocycles. The van der Waals surface area contributed by atoms with Gasteiger partial charge in [-0.15, -0.1) is 11.8 Å². The van der Waals surface area contributed by atoms with Gasteiger partial charge in [-0.1, -0.05) is 40.7 Å². The van der Waals surface area contributed by atoms with Crippen LogP contribution in [0.5, 0.6) is 0 Å². The Kier molecular flexibility index (Phi) is 6.56. The molecule has 0 fully saturated rings. The first-order chi connectivity index (χ1) is 14.5. The summed E-state index contributed by atoms with van der Waals surface area (Å²) in [5.41, 5.74) is 0.817. The van der Waals surface area contributed by atoms with E-state index in [1.807, 2.05) is 43.5 Å². The molecule has 1 N–H and O–H groups in total. The molecule has 0 radical (unpaired) electrons. The SMILES string of the molecule is CSc1cccc(N2C(=O)c3cc(C(C)(C)C)nn3CC2(C)C(=O)NCCC(C)C)c1. The highest BCUT2D eigenvalue weighted by Gasteiger charge is 2.49. The van der Waals surface area contributed by atoms with E-state index in [0.29, 0.717) is 24.7 Å². The molecule has 0 saturated carbocycles. The van der Waals surface area contributed by atoms with Crippen LogP contribution in [0.25, 0.3) is 0 Å². The fourth-order valence-corrected chi connectivity index (χ4v) is 4.22. The first-order valence-electron chi connectivity index (χ1n) is 10.8. The number of fused-ring (bicyclic) bond motifs is 1. The number of nitrogens with zero attached hydrogens (tertiary/aromatic N) is 3. The van der Waals surface area contributed by atoms with Crippen LogP contribution in [0.4, 0.5) is 5.69 Å². The summed E-state index contributed by atoms with van der Waals surface area (Å²) in [4.78, 5) is 29.9. The van der Waals surface area contributed by atoms with E-state index in [-0.39, 0.29) is 17.2 Å². The van der Waals surface area contributed by atoms with Gasteiger partial charge in [0.15, 0.2) is 0 Å². The van der Waals surface area contributed by atoms with Gasteiger partial charge in [0.05, 0.1) is 12.2 Å². The lowest BCUT2D eigenvalue weighted by atomic mass is 9.91. The first-order valence-corrected chi connectivity index (χ1v) is 12.0. The Bertz CT molecular complexity index is 976. The van der Waals surface area contributed by atoms with Crippen molar-refractivity contribution in [3.63, 3.8) is 0 Å². The maximum absolute atomic E-state index is 13.7. The van der Waals surface area contributed by atoms with E-state index < -0.39 is 5.54 Å². The Morgan fingerprint density at radius 1 is 1.29 bits per heavy atom. The minimum absolute atomic E-state index is 0.158. The van der Waals surface area contributed by atoms with E-state index in [0.717, 1.165) is 22.7 Å². The number of hydrogen-bond donors (Lipinski definition) is 1. The predicted molar refractivity (Wildman–Crippen MR) is 127 cm³/mol. The van der Waals surface area contributed by atoms with Crippen molar-refractivity contribution < 1.29 is 9.59 Å². The summed E-state index contributed by atoms with van der Waals surface area (Å²) in [7, 11) is 0. The highest BCUT2D eigenvalue weighted by Crippen LogP contribution is 2.35. The van der Waals surface area contributed by atoms with E-state index in [4.69, 9.17) is 5.10 Å². The Morgan fingerprint density at radius 2 is 2.00 bits per heavy atom. The molecule has 168 valence electrons. The molecule has 0 bridgehead atoms. The van der Waals surface area contributed by atoms with Crippen molar-refractivity contribution in [1.82, 2.24) is 15.1 Å². The van der Waals surface area contributed by atoms with Gasteiger partial charge < -0.3 is 5.32 Å². The average molecular weight is 443 g/mol. The standard InChI is InChI=1S/C24H34N4O2S/c1-16(2)11-12-25-22(30)24(6)15-27-19(14-20(26-27)23(3,4)5)21(29)28(24)17-9-8-10-18(13-17)31-7/h8-10,13-14,16H,11-12,15H2,1-7H3,(H,25,30). The number of benzene rings is 1. The molecule has 31 heavy (non-hydrogen) atoms. The Balaban J connectivity index is 2.07. The first kappa shape index (κ1) is 23.4. The van der Waals surface area contributed by atoms with E-state index >= 15 is 0 Å². The van der Waals surface area contributed by atoms with Crippen LogP contribution in [-0.4, -0.2) is 39.9 Å². The second kappa shape index (κ2) is 8.69. The fraction of sp³-hybridized carbons (Fsp3) is 0.542. The van der Waals surface area contributed by atoms with Gasteiger partial charge in [0, 0.05) is 22.5 Å². The monoisotopic (exact) mass is 442 g/mol. The minimum Gasteiger partial charge on any atom is -0.354 e. The van der Waals surface area contributed by atoms with Crippen LogP contribution in [0.2, 0.25) is 0 Å². The van der Waals surface area contributed by atoms with Crippen molar-refractivity contribution in [2.24, 2.45) is 5.92 Å². The van der Waals surface area contributed by atoms with Gasteiger partial charge >= 0.3 is 0 Å². The van der Waals surface area contributed by atoms with Crippen LogP contribution in [0.3, 0.4) is 0 Å². The second-order valence-corrected chi connectivity index (χ2v) is 10.8. The molecule has 0 aliphatic carbocycles. The number of hydrogen-bond acceptors (Lipinski definition) is 4. The van der Waals surface area contributed by atoms with Gasteiger partial charge in [-0.3, -0.25) is 19.2 Å². The molecule has 1 aromatic heterocycles. The molecule has 7 heteroatoms. The summed E-state index contributed by atoms with van der Waals surface area (Å²) in [6.45, 7) is 13.2. The summed E-state index contributed by atoms with van der Waals surface area (Å²) in [5.74, 6) is 0.131. The molecule has 2 amide bonds. The average Bonchev–Trinajstić information content (AvgIpc) is 3.12. The summed E-state index contributed by atoms with van der Waals surface area (Å²) in [5, 5.41) is 7.77. The van der Waals surface area contributed by atoms with Crippen molar-refractivity contribution >= 4 is 29.3 Å². The van der Waals surface area contributed by atoms with E-state index in [1.165, 1.54) is 0 Å². The number of nitrogens with one attached hydrogen (secondary N) is 1. The summed E-state index contributed by atoms with van der Waals surface area (Å²) in [6, 6.07) is 9.67. The summed E-state index contributed by atoms with van der Waals surface area (Å²) >= 11 is 1.61.